The van der Waals surface area contributed by atoms with Gasteiger partial charge in [-0.15, -0.1) is 0 Å². The van der Waals surface area contributed by atoms with Crippen LogP contribution in [-0.4, -0.2) is 6.16 Å². The van der Waals surface area contributed by atoms with Crippen LogP contribution in [0.15, 0.2) is 91.0 Å². The zero-order valence-electron chi connectivity index (χ0n) is 12.3. The average Bonchev–Trinajstić information content (AvgIpc) is 2.62. The van der Waals surface area contributed by atoms with Gasteiger partial charge in [0.05, 0.1) is 0 Å². The van der Waals surface area contributed by atoms with Crippen LogP contribution in [0.4, 0.5) is 0 Å². The first-order chi connectivity index (χ1) is 10.9. The van der Waals surface area contributed by atoms with E-state index in [2.05, 4.69) is 91.0 Å². The maximum atomic E-state index is 6.15. The van der Waals surface area contributed by atoms with Gasteiger partial charge in [-0.25, -0.2) is 0 Å². The molecule has 0 amide bonds. The number of rotatable bonds is 5. The van der Waals surface area contributed by atoms with E-state index in [4.69, 9.17) is 11.6 Å². The Hall–Kier alpha value is -1.62. The van der Waals surface area contributed by atoms with Crippen molar-refractivity contribution in [3.63, 3.8) is 0 Å². The van der Waals surface area contributed by atoms with E-state index in [9.17, 15) is 0 Å². The van der Waals surface area contributed by atoms with Gasteiger partial charge in [0.25, 0.3) is 0 Å². The summed E-state index contributed by atoms with van der Waals surface area (Å²) in [5.41, 5.74) is 0. The molecular weight excluding hydrogens is 307 g/mol. The molecule has 3 rings (SSSR count). The second-order valence-electron chi connectivity index (χ2n) is 5.36. The molecular formula is C20H19ClP. The Kier molecular flexibility index (Phi) is 4.93. The minimum absolute atomic E-state index is 0.882. The van der Waals surface area contributed by atoms with Gasteiger partial charge < -0.3 is 0 Å². The van der Waals surface area contributed by atoms with Crippen LogP contribution in [0.5, 0.6) is 0 Å². The van der Waals surface area contributed by atoms with E-state index in [0.717, 1.165) is 6.16 Å². The molecule has 1 radical (unpaired) electrons. The van der Waals surface area contributed by atoms with Gasteiger partial charge in [0.15, 0.2) is 0 Å². The van der Waals surface area contributed by atoms with Crippen LogP contribution < -0.4 is 15.9 Å². The minimum atomic E-state index is -2.11. The fourth-order valence-electron chi connectivity index (χ4n) is 3.14. The van der Waals surface area contributed by atoms with Crippen molar-refractivity contribution in [1.82, 2.24) is 0 Å². The van der Waals surface area contributed by atoms with Crippen molar-refractivity contribution in [2.45, 2.75) is 0 Å². The van der Waals surface area contributed by atoms with Crippen LogP contribution in [0, 0.1) is 5.88 Å². The molecule has 0 aliphatic carbocycles. The monoisotopic (exact) mass is 325 g/mol. The van der Waals surface area contributed by atoms with Crippen LogP contribution in [0.2, 0.25) is 0 Å². The standard InChI is InChI=1S/C20H19ClP/c21-16-17-22(18-10-4-1-5-11-18,19-12-6-2-7-13-19)20-14-8-3-9-15-20/h1-16,22H,17H2. The summed E-state index contributed by atoms with van der Waals surface area (Å²) in [5.74, 6) is 1.80. The van der Waals surface area contributed by atoms with Crippen LogP contribution >= 0.6 is 18.9 Å². The van der Waals surface area contributed by atoms with E-state index in [0.29, 0.717) is 0 Å². The summed E-state index contributed by atoms with van der Waals surface area (Å²) >= 11 is 6.15. The van der Waals surface area contributed by atoms with E-state index in [1.807, 2.05) is 0 Å². The molecule has 111 valence electrons. The van der Waals surface area contributed by atoms with Crippen molar-refractivity contribution in [1.29, 1.82) is 0 Å². The topological polar surface area (TPSA) is 0 Å². The van der Waals surface area contributed by atoms with Gasteiger partial charge in [-0.05, 0) is 0 Å². The predicted molar refractivity (Wildman–Crippen MR) is 102 cm³/mol. The van der Waals surface area contributed by atoms with E-state index < -0.39 is 7.26 Å². The third kappa shape index (κ3) is 2.82. The molecule has 0 fully saturated rings. The van der Waals surface area contributed by atoms with Gasteiger partial charge in [0, 0.05) is 0 Å². The van der Waals surface area contributed by atoms with E-state index in [-0.39, 0.29) is 0 Å². The summed E-state index contributed by atoms with van der Waals surface area (Å²) in [4.78, 5) is 0. The number of hydrogen-bond donors (Lipinski definition) is 0. The molecule has 0 bridgehead atoms. The van der Waals surface area contributed by atoms with E-state index in [1.165, 1.54) is 15.9 Å². The van der Waals surface area contributed by atoms with Crippen LogP contribution in [0.3, 0.4) is 0 Å². The van der Waals surface area contributed by atoms with Crippen LogP contribution in [-0.2, 0) is 0 Å². The summed E-state index contributed by atoms with van der Waals surface area (Å²) in [6.07, 6.45) is 0.882. The summed E-state index contributed by atoms with van der Waals surface area (Å²) in [7, 11) is -2.11. The molecule has 2 heteroatoms. The summed E-state index contributed by atoms with van der Waals surface area (Å²) < 4.78 is 0. The van der Waals surface area contributed by atoms with Crippen LogP contribution in [0.25, 0.3) is 0 Å². The molecule has 0 aliphatic rings. The Morgan fingerprint density at radius 2 is 0.909 bits per heavy atom. The van der Waals surface area contributed by atoms with Gasteiger partial charge >= 0.3 is 138 Å². The van der Waals surface area contributed by atoms with Crippen molar-refractivity contribution < 1.29 is 0 Å². The Balaban J connectivity index is 2.29. The first kappa shape index (κ1) is 15.3. The quantitative estimate of drug-likeness (QED) is 0.619. The number of halogens is 1. The molecule has 0 saturated heterocycles. The average molecular weight is 326 g/mol. The molecule has 0 N–H and O–H groups in total. The third-order valence-corrected chi connectivity index (χ3v) is 9.37. The fraction of sp³-hybridized carbons (Fsp3) is 0.0500. The number of benzene rings is 3. The molecule has 0 unspecified atom stereocenters. The van der Waals surface area contributed by atoms with Crippen molar-refractivity contribution >= 4 is 34.8 Å². The fourth-order valence-corrected chi connectivity index (χ4v) is 8.05. The molecule has 0 aromatic heterocycles. The maximum absolute atomic E-state index is 6.15. The van der Waals surface area contributed by atoms with E-state index in [1.54, 1.807) is 5.88 Å². The third-order valence-electron chi connectivity index (χ3n) is 4.18. The molecule has 3 aromatic carbocycles. The zero-order valence-corrected chi connectivity index (χ0v) is 14.1. The molecule has 0 nitrogen and oxygen atoms in total. The van der Waals surface area contributed by atoms with Gasteiger partial charge in [-0.1, -0.05) is 0 Å². The Morgan fingerprint density at radius 1 is 0.591 bits per heavy atom. The van der Waals surface area contributed by atoms with Gasteiger partial charge in [-0.2, -0.15) is 0 Å². The number of hydrogen-bond acceptors (Lipinski definition) is 0. The molecule has 22 heavy (non-hydrogen) atoms. The first-order valence-corrected chi connectivity index (χ1v) is 10.1. The molecule has 0 saturated carbocycles. The zero-order chi connectivity index (χ0) is 15.3. The second kappa shape index (κ2) is 7.09. The Labute approximate surface area is 138 Å². The van der Waals surface area contributed by atoms with Gasteiger partial charge in [0.1, 0.15) is 0 Å². The SMILES string of the molecule is Cl[CH]C[PH](c1ccccc1)(c1ccccc1)c1ccccc1. The van der Waals surface area contributed by atoms with Gasteiger partial charge in [-0.3, -0.25) is 0 Å². The van der Waals surface area contributed by atoms with Crippen molar-refractivity contribution in [2.75, 3.05) is 6.16 Å². The first-order valence-electron chi connectivity index (χ1n) is 7.46. The van der Waals surface area contributed by atoms with Crippen molar-refractivity contribution in [3.05, 3.63) is 96.9 Å². The normalized spacial score (nSPS) is 12.0. The second-order valence-corrected chi connectivity index (χ2v) is 9.62. The van der Waals surface area contributed by atoms with Crippen molar-refractivity contribution in [2.24, 2.45) is 0 Å². The molecule has 0 spiro atoms. The predicted octanol–water partition coefficient (Wildman–Crippen LogP) is 4.11. The summed E-state index contributed by atoms with van der Waals surface area (Å²) in [5, 5.41) is 4.18. The van der Waals surface area contributed by atoms with E-state index >= 15 is 0 Å². The molecule has 0 aliphatic heterocycles. The van der Waals surface area contributed by atoms with Crippen molar-refractivity contribution in [3.8, 4) is 0 Å². The molecule has 0 atom stereocenters. The summed E-state index contributed by atoms with van der Waals surface area (Å²) in [6.45, 7) is 0. The molecule has 3 aromatic rings. The Morgan fingerprint density at radius 3 is 1.18 bits per heavy atom. The van der Waals surface area contributed by atoms with Crippen LogP contribution in [0.1, 0.15) is 0 Å². The van der Waals surface area contributed by atoms with Gasteiger partial charge in [0.2, 0.25) is 0 Å². The Bertz CT molecular complexity index is 599. The summed E-state index contributed by atoms with van der Waals surface area (Å²) in [6, 6.07) is 32.4. The molecule has 0 heterocycles.